The fraction of sp³-hybridized carbons (Fsp3) is 1.00. The first-order valence-electron chi connectivity index (χ1n) is 7.90. The first kappa shape index (κ1) is 12.9. The van der Waals surface area contributed by atoms with Gasteiger partial charge in [0.2, 0.25) is 0 Å². The molecule has 4 atom stereocenters. The van der Waals surface area contributed by atoms with Crippen molar-refractivity contribution in [2.75, 3.05) is 19.6 Å². The quantitative estimate of drug-likeness (QED) is 0.828. The van der Waals surface area contributed by atoms with Crippen LogP contribution in [0.25, 0.3) is 0 Å². The molecule has 2 heterocycles. The van der Waals surface area contributed by atoms with E-state index in [1.165, 1.54) is 45.2 Å². The van der Waals surface area contributed by atoms with E-state index in [9.17, 15) is 0 Å². The topological polar surface area (TPSA) is 32.5 Å². The molecule has 104 valence electrons. The van der Waals surface area contributed by atoms with Gasteiger partial charge in [0, 0.05) is 37.3 Å². The number of nitrogens with two attached hydrogens (primary N) is 1. The van der Waals surface area contributed by atoms with Gasteiger partial charge in [0.25, 0.3) is 0 Å². The number of hydrogen-bond acceptors (Lipinski definition) is 3. The monoisotopic (exact) mass is 251 g/mol. The maximum absolute atomic E-state index is 5.89. The van der Waals surface area contributed by atoms with E-state index in [4.69, 9.17) is 5.73 Å². The highest BCUT2D eigenvalue weighted by Crippen LogP contribution is 2.36. The van der Waals surface area contributed by atoms with Gasteiger partial charge in [-0.3, -0.25) is 9.80 Å². The van der Waals surface area contributed by atoms with Crippen LogP contribution in [0.1, 0.15) is 46.0 Å². The van der Waals surface area contributed by atoms with Crippen LogP contribution >= 0.6 is 0 Å². The number of rotatable bonds is 3. The summed E-state index contributed by atoms with van der Waals surface area (Å²) in [6.45, 7) is 8.27. The molecule has 18 heavy (non-hydrogen) atoms. The first-order chi connectivity index (χ1) is 8.69. The van der Waals surface area contributed by atoms with Crippen LogP contribution in [0.15, 0.2) is 0 Å². The summed E-state index contributed by atoms with van der Waals surface area (Å²) < 4.78 is 0. The van der Waals surface area contributed by atoms with Crippen molar-refractivity contribution in [2.24, 2.45) is 11.7 Å². The van der Waals surface area contributed by atoms with E-state index in [2.05, 4.69) is 23.6 Å². The minimum absolute atomic E-state index is 0.742. The summed E-state index contributed by atoms with van der Waals surface area (Å²) in [5, 5.41) is 0. The fourth-order valence-electron chi connectivity index (χ4n) is 4.10. The molecular formula is C15H29N3. The summed E-state index contributed by atoms with van der Waals surface area (Å²) in [4.78, 5) is 5.54. The molecule has 1 aliphatic carbocycles. The molecule has 0 aromatic heterocycles. The lowest BCUT2D eigenvalue weighted by molar-refractivity contribution is 0.0760. The molecule has 0 amide bonds. The zero-order chi connectivity index (χ0) is 12.7. The third-order valence-electron chi connectivity index (χ3n) is 5.45. The molecule has 3 nitrogen and oxygen atoms in total. The van der Waals surface area contributed by atoms with Crippen LogP contribution in [0.5, 0.6) is 0 Å². The summed E-state index contributed by atoms with van der Waals surface area (Å²) in [7, 11) is 0. The highest BCUT2D eigenvalue weighted by Gasteiger charge is 2.42. The van der Waals surface area contributed by atoms with Gasteiger partial charge in [0.05, 0.1) is 0 Å². The molecule has 2 aliphatic heterocycles. The van der Waals surface area contributed by atoms with Crippen molar-refractivity contribution in [3.05, 3.63) is 0 Å². The Morgan fingerprint density at radius 3 is 2.28 bits per heavy atom. The minimum atomic E-state index is 0.742. The second-order valence-electron chi connectivity index (χ2n) is 6.89. The molecule has 0 radical (unpaired) electrons. The van der Waals surface area contributed by atoms with Gasteiger partial charge in [-0.1, -0.05) is 0 Å². The summed E-state index contributed by atoms with van der Waals surface area (Å²) in [6, 6.07) is 3.29. The SMILES string of the molecule is CC1CCC(CN)CN1C1CC(C)N(C2CC2)C1. The molecule has 2 saturated heterocycles. The van der Waals surface area contributed by atoms with Gasteiger partial charge in [-0.15, -0.1) is 0 Å². The molecule has 3 rings (SSSR count). The Kier molecular flexibility index (Phi) is 3.65. The van der Waals surface area contributed by atoms with E-state index in [1.807, 2.05) is 0 Å². The van der Waals surface area contributed by atoms with E-state index in [0.717, 1.165) is 36.6 Å². The van der Waals surface area contributed by atoms with Gasteiger partial charge in [-0.05, 0) is 58.4 Å². The first-order valence-corrected chi connectivity index (χ1v) is 7.90. The summed E-state index contributed by atoms with van der Waals surface area (Å²) >= 11 is 0. The zero-order valence-corrected chi connectivity index (χ0v) is 12.0. The highest BCUT2D eigenvalue weighted by atomic mass is 15.3. The van der Waals surface area contributed by atoms with Crippen molar-refractivity contribution in [1.82, 2.24) is 9.80 Å². The molecule has 0 aromatic rings. The second kappa shape index (κ2) is 5.10. The lowest BCUT2D eigenvalue weighted by atomic mass is 9.91. The zero-order valence-electron chi connectivity index (χ0n) is 12.0. The van der Waals surface area contributed by atoms with Crippen LogP contribution < -0.4 is 5.73 Å². The summed E-state index contributed by atoms with van der Waals surface area (Å²) in [5.74, 6) is 0.742. The minimum Gasteiger partial charge on any atom is -0.330 e. The summed E-state index contributed by atoms with van der Waals surface area (Å²) in [5.41, 5.74) is 5.89. The lowest BCUT2D eigenvalue weighted by Gasteiger charge is -2.41. The van der Waals surface area contributed by atoms with Crippen molar-refractivity contribution in [1.29, 1.82) is 0 Å². The van der Waals surface area contributed by atoms with Crippen molar-refractivity contribution in [3.8, 4) is 0 Å². The van der Waals surface area contributed by atoms with Crippen molar-refractivity contribution >= 4 is 0 Å². The van der Waals surface area contributed by atoms with E-state index < -0.39 is 0 Å². The number of hydrogen-bond donors (Lipinski definition) is 1. The number of likely N-dealkylation sites (tertiary alicyclic amines) is 2. The molecule has 0 spiro atoms. The molecule has 3 heteroatoms. The Labute approximate surface area is 112 Å². The number of nitrogens with zero attached hydrogens (tertiary/aromatic N) is 2. The van der Waals surface area contributed by atoms with E-state index in [0.29, 0.717) is 0 Å². The second-order valence-corrected chi connectivity index (χ2v) is 6.89. The molecular weight excluding hydrogens is 222 g/mol. The van der Waals surface area contributed by atoms with Crippen molar-refractivity contribution in [3.63, 3.8) is 0 Å². The average molecular weight is 251 g/mol. The normalized spacial score (nSPS) is 43.5. The Morgan fingerprint density at radius 2 is 1.61 bits per heavy atom. The average Bonchev–Trinajstić information content (AvgIpc) is 3.14. The maximum atomic E-state index is 5.89. The van der Waals surface area contributed by atoms with Crippen molar-refractivity contribution in [2.45, 2.75) is 70.1 Å². The molecule has 1 saturated carbocycles. The largest absolute Gasteiger partial charge is 0.330 e. The van der Waals surface area contributed by atoms with Gasteiger partial charge in [0.1, 0.15) is 0 Å². The van der Waals surface area contributed by atoms with Crippen LogP contribution in [0.3, 0.4) is 0 Å². The van der Waals surface area contributed by atoms with Crippen LogP contribution in [0, 0.1) is 5.92 Å². The highest BCUT2D eigenvalue weighted by molar-refractivity contribution is 4.98. The van der Waals surface area contributed by atoms with Gasteiger partial charge in [0.15, 0.2) is 0 Å². The smallest absolute Gasteiger partial charge is 0.0241 e. The van der Waals surface area contributed by atoms with Crippen LogP contribution in [-0.2, 0) is 0 Å². The van der Waals surface area contributed by atoms with Crippen LogP contribution in [0.4, 0.5) is 0 Å². The molecule has 0 aromatic carbocycles. The van der Waals surface area contributed by atoms with Crippen LogP contribution in [-0.4, -0.2) is 53.6 Å². The predicted molar refractivity (Wildman–Crippen MR) is 75.5 cm³/mol. The molecule has 3 aliphatic rings. The van der Waals surface area contributed by atoms with Crippen molar-refractivity contribution < 1.29 is 0 Å². The fourth-order valence-corrected chi connectivity index (χ4v) is 4.10. The van der Waals surface area contributed by atoms with Crippen LogP contribution in [0.2, 0.25) is 0 Å². The Bertz CT molecular complexity index is 289. The summed E-state index contributed by atoms with van der Waals surface area (Å²) in [6.07, 6.45) is 6.94. The predicted octanol–water partition coefficient (Wildman–Crippen LogP) is 1.67. The molecule has 2 N–H and O–H groups in total. The van der Waals surface area contributed by atoms with E-state index in [-0.39, 0.29) is 0 Å². The van der Waals surface area contributed by atoms with Gasteiger partial charge < -0.3 is 5.73 Å². The van der Waals surface area contributed by atoms with Gasteiger partial charge in [-0.25, -0.2) is 0 Å². The van der Waals surface area contributed by atoms with E-state index in [1.54, 1.807) is 0 Å². The lowest BCUT2D eigenvalue weighted by Crippen LogP contribution is -2.50. The van der Waals surface area contributed by atoms with E-state index >= 15 is 0 Å². The number of piperidine rings is 1. The maximum Gasteiger partial charge on any atom is 0.0241 e. The molecule has 0 bridgehead atoms. The Morgan fingerprint density at radius 1 is 0.889 bits per heavy atom. The molecule has 4 unspecified atom stereocenters. The Hall–Kier alpha value is -0.120. The van der Waals surface area contributed by atoms with Gasteiger partial charge in [-0.2, -0.15) is 0 Å². The molecule has 3 fully saturated rings. The third-order valence-corrected chi connectivity index (χ3v) is 5.45. The third kappa shape index (κ3) is 2.45. The Balaban J connectivity index is 1.62. The standard InChI is InChI=1S/C15H29N3/c1-11-3-4-13(8-16)9-17(11)15-7-12(2)18(10-15)14-5-6-14/h11-15H,3-10,16H2,1-2H3. The van der Waals surface area contributed by atoms with Gasteiger partial charge >= 0.3 is 0 Å².